The zero-order chi connectivity index (χ0) is 19.6. The van der Waals surface area contributed by atoms with E-state index in [9.17, 15) is 19.1 Å². The van der Waals surface area contributed by atoms with Crippen LogP contribution in [0.15, 0.2) is 45.8 Å². The molecule has 1 saturated heterocycles. The van der Waals surface area contributed by atoms with Crippen molar-refractivity contribution < 1.29 is 23.8 Å². The van der Waals surface area contributed by atoms with Gasteiger partial charge < -0.3 is 9.84 Å². The lowest BCUT2D eigenvalue weighted by Crippen LogP contribution is -2.27. The molecule has 1 aliphatic rings. The molecule has 1 heterocycles. The summed E-state index contributed by atoms with van der Waals surface area (Å²) in [6, 6.07) is 8.71. The van der Waals surface area contributed by atoms with Gasteiger partial charge in [-0.15, -0.1) is 0 Å². The van der Waals surface area contributed by atoms with E-state index in [1.165, 1.54) is 30.3 Å². The van der Waals surface area contributed by atoms with Crippen molar-refractivity contribution in [1.29, 1.82) is 0 Å². The number of phenols is 1. The smallest absolute Gasteiger partial charge is 0.293 e. The van der Waals surface area contributed by atoms with Gasteiger partial charge in [0.25, 0.3) is 11.1 Å². The lowest BCUT2D eigenvalue weighted by Gasteiger charge is -2.12. The molecule has 1 aliphatic heterocycles. The molecule has 27 heavy (non-hydrogen) atoms. The van der Waals surface area contributed by atoms with Crippen molar-refractivity contribution in [2.45, 2.75) is 13.5 Å². The van der Waals surface area contributed by atoms with Gasteiger partial charge in [0, 0.05) is 4.47 Å². The maximum Gasteiger partial charge on any atom is 0.293 e. The van der Waals surface area contributed by atoms with Crippen LogP contribution in [-0.2, 0) is 11.3 Å². The number of thioether (sulfide) groups is 1. The third-order valence-corrected chi connectivity index (χ3v) is 5.39. The number of nitrogens with zero attached hydrogens (tertiary/aromatic N) is 1. The van der Waals surface area contributed by atoms with Crippen LogP contribution >= 0.6 is 27.7 Å². The van der Waals surface area contributed by atoms with Crippen molar-refractivity contribution >= 4 is 44.9 Å². The van der Waals surface area contributed by atoms with E-state index in [1.807, 2.05) is 0 Å². The van der Waals surface area contributed by atoms with Gasteiger partial charge in [-0.3, -0.25) is 14.5 Å². The predicted octanol–water partition coefficient (Wildman–Crippen LogP) is 4.93. The summed E-state index contributed by atoms with van der Waals surface area (Å²) in [7, 11) is 0. The first kappa shape index (κ1) is 19.4. The third kappa shape index (κ3) is 4.33. The summed E-state index contributed by atoms with van der Waals surface area (Å²) in [4.78, 5) is 26.2. The van der Waals surface area contributed by atoms with Crippen LogP contribution in [-0.4, -0.2) is 27.8 Å². The molecule has 0 unspecified atom stereocenters. The standard InChI is InChI=1S/C19H15BrFNO4S/c1-2-26-16-7-12(14(20)9-15(16)23)8-17-18(24)22(19(25)27-17)10-11-3-5-13(21)6-4-11/h3-9,23H,2,10H2,1H3/b17-8-. The molecule has 8 heteroatoms. The minimum atomic E-state index is -0.424. The number of rotatable bonds is 5. The fourth-order valence-electron chi connectivity index (χ4n) is 2.49. The Hall–Kier alpha value is -2.32. The topological polar surface area (TPSA) is 66.8 Å². The van der Waals surface area contributed by atoms with E-state index in [0.717, 1.165) is 16.7 Å². The number of halogens is 2. The zero-order valence-corrected chi connectivity index (χ0v) is 16.6. The first-order valence-electron chi connectivity index (χ1n) is 8.04. The molecule has 0 bridgehead atoms. The Balaban J connectivity index is 1.86. The van der Waals surface area contributed by atoms with Gasteiger partial charge in [-0.25, -0.2) is 4.39 Å². The molecule has 0 atom stereocenters. The summed E-state index contributed by atoms with van der Waals surface area (Å²) >= 11 is 4.17. The van der Waals surface area contributed by atoms with E-state index in [1.54, 1.807) is 19.1 Å². The number of aromatic hydroxyl groups is 1. The highest BCUT2D eigenvalue weighted by molar-refractivity contribution is 9.10. The number of hydrogen-bond donors (Lipinski definition) is 1. The van der Waals surface area contributed by atoms with Crippen LogP contribution in [0.3, 0.4) is 0 Å². The first-order chi connectivity index (χ1) is 12.9. The van der Waals surface area contributed by atoms with Crippen LogP contribution in [0.4, 0.5) is 9.18 Å². The van der Waals surface area contributed by atoms with E-state index in [0.29, 0.717) is 22.2 Å². The molecule has 0 spiro atoms. The predicted molar refractivity (Wildman–Crippen MR) is 105 cm³/mol. The van der Waals surface area contributed by atoms with Crippen molar-refractivity contribution in [3.63, 3.8) is 0 Å². The molecule has 3 rings (SSSR count). The SMILES string of the molecule is CCOc1cc(/C=C2\SC(=O)N(Cc3ccc(F)cc3)C2=O)c(Br)cc1O. The Morgan fingerprint density at radius 3 is 2.63 bits per heavy atom. The van der Waals surface area contributed by atoms with E-state index in [2.05, 4.69) is 15.9 Å². The molecule has 2 amide bonds. The minimum Gasteiger partial charge on any atom is -0.504 e. The highest BCUT2D eigenvalue weighted by Crippen LogP contribution is 2.38. The molecule has 0 radical (unpaired) electrons. The van der Waals surface area contributed by atoms with Gasteiger partial charge in [-0.2, -0.15) is 0 Å². The van der Waals surface area contributed by atoms with Gasteiger partial charge in [-0.05, 0) is 60.2 Å². The average molecular weight is 452 g/mol. The number of hydrogen-bond acceptors (Lipinski definition) is 5. The Morgan fingerprint density at radius 1 is 1.26 bits per heavy atom. The van der Waals surface area contributed by atoms with Crippen molar-refractivity contribution in [2.75, 3.05) is 6.61 Å². The molecule has 2 aromatic rings. The molecule has 2 aromatic carbocycles. The van der Waals surface area contributed by atoms with Crippen LogP contribution in [0.1, 0.15) is 18.1 Å². The Bertz CT molecular complexity index is 930. The fourth-order valence-corrected chi connectivity index (χ4v) is 3.77. The van der Waals surface area contributed by atoms with E-state index >= 15 is 0 Å². The number of benzene rings is 2. The molecule has 1 fully saturated rings. The van der Waals surface area contributed by atoms with Crippen molar-refractivity contribution in [2.24, 2.45) is 0 Å². The Kier molecular flexibility index (Phi) is 5.86. The van der Waals surface area contributed by atoms with Crippen LogP contribution < -0.4 is 4.74 Å². The highest BCUT2D eigenvalue weighted by atomic mass is 79.9. The minimum absolute atomic E-state index is 0.0229. The lowest BCUT2D eigenvalue weighted by atomic mass is 10.1. The molecule has 1 N–H and O–H groups in total. The van der Waals surface area contributed by atoms with Crippen molar-refractivity contribution in [3.05, 3.63) is 62.7 Å². The van der Waals surface area contributed by atoms with Gasteiger partial charge in [0.15, 0.2) is 11.5 Å². The molecule has 0 aliphatic carbocycles. The van der Waals surface area contributed by atoms with E-state index in [4.69, 9.17) is 4.74 Å². The number of amides is 2. The number of carbonyl (C=O) groups excluding carboxylic acids is 2. The largest absolute Gasteiger partial charge is 0.504 e. The third-order valence-electron chi connectivity index (χ3n) is 3.79. The van der Waals surface area contributed by atoms with Gasteiger partial charge in [-0.1, -0.05) is 28.1 Å². The van der Waals surface area contributed by atoms with Gasteiger partial charge >= 0.3 is 0 Å². The first-order valence-corrected chi connectivity index (χ1v) is 9.65. The van der Waals surface area contributed by atoms with Crippen LogP contribution in [0.2, 0.25) is 0 Å². The molecule has 0 aromatic heterocycles. The lowest BCUT2D eigenvalue weighted by molar-refractivity contribution is -0.123. The summed E-state index contributed by atoms with van der Waals surface area (Å²) in [6.45, 7) is 2.24. The van der Waals surface area contributed by atoms with Crippen molar-refractivity contribution in [1.82, 2.24) is 4.90 Å². The second kappa shape index (κ2) is 8.14. The monoisotopic (exact) mass is 451 g/mol. The average Bonchev–Trinajstić information content (AvgIpc) is 2.88. The normalized spacial score (nSPS) is 15.7. The Labute approximate surface area is 167 Å². The number of ether oxygens (including phenoxy) is 1. The van der Waals surface area contributed by atoms with Gasteiger partial charge in [0.1, 0.15) is 5.82 Å². The van der Waals surface area contributed by atoms with Gasteiger partial charge in [0.05, 0.1) is 18.1 Å². The molecule has 140 valence electrons. The van der Waals surface area contributed by atoms with Crippen LogP contribution in [0.5, 0.6) is 11.5 Å². The highest BCUT2D eigenvalue weighted by Gasteiger charge is 2.35. The van der Waals surface area contributed by atoms with Crippen LogP contribution in [0, 0.1) is 5.82 Å². The summed E-state index contributed by atoms with van der Waals surface area (Å²) in [5.41, 5.74) is 1.26. The number of imide groups is 1. The van der Waals surface area contributed by atoms with E-state index in [-0.39, 0.29) is 28.8 Å². The molecular weight excluding hydrogens is 437 g/mol. The summed E-state index contributed by atoms with van der Waals surface area (Å²) in [6.07, 6.45) is 1.57. The van der Waals surface area contributed by atoms with Crippen LogP contribution in [0.25, 0.3) is 6.08 Å². The quantitative estimate of drug-likeness (QED) is 0.652. The maximum atomic E-state index is 13.0. The van der Waals surface area contributed by atoms with Gasteiger partial charge in [0.2, 0.25) is 0 Å². The molecule has 5 nitrogen and oxygen atoms in total. The maximum absolute atomic E-state index is 13.0. The summed E-state index contributed by atoms with van der Waals surface area (Å²) in [5, 5.41) is 9.50. The second-order valence-electron chi connectivity index (χ2n) is 5.67. The second-order valence-corrected chi connectivity index (χ2v) is 7.52. The summed E-state index contributed by atoms with van der Waals surface area (Å²) in [5.74, 6) is -0.537. The molecule has 0 saturated carbocycles. The Morgan fingerprint density at radius 2 is 1.96 bits per heavy atom. The van der Waals surface area contributed by atoms with Crippen molar-refractivity contribution in [3.8, 4) is 11.5 Å². The van der Waals surface area contributed by atoms with E-state index < -0.39 is 11.1 Å². The number of carbonyl (C=O) groups is 2. The zero-order valence-electron chi connectivity index (χ0n) is 14.2. The summed E-state index contributed by atoms with van der Waals surface area (Å²) < 4.78 is 18.9. The fraction of sp³-hybridized carbons (Fsp3) is 0.158. The molecular formula is C19H15BrFNO4S. The number of phenolic OH excluding ortho intramolecular Hbond substituents is 1.